The summed E-state index contributed by atoms with van der Waals surface area (Å²) in [5, 5.41) is 21.2. The highest BCUT2D eigenvalue weighted by molar-refractivity contribution is 7.98. The molecule has 7 N–H and O–H groups in total. The SMILES string of the molecule is CSCC[C@@H](NC(=O)[C@@H](N)Cc1ccc(O)cc1)C(=O)NCC(=O)N[C@@H](Cc1ccccc1)C(=O)NC12CC3CC(CC(C3)C1)C2. The molecule has 46 heavy (non-hydrogen) atoms. The van der Waals surface area contributed by atoms with Gasteiger partial charge in [0, 0.05) is 12.0 Å². The van der Waals surface area contributed by atoms with Crippen LogP contribution in [0.1, 0.15) is 56.1 Å². The predicted octanol–water partition coefficient (Wildman–Crippen LogP) is 2.43. The molecule has 2 aromatic carbocycles. The summed E-state index contributed by atoms with van der Waals surface area (Å²) in [6, 6.07) is 13.5. The van der Waals surface area contributed by atoms with Crippen LogP contribution < -0.4 is 27.0 Å². The van der Waals surface area contributed by atoms with E-state index in [-0.39, 0.29) is 30.2 Å². The Bertz CT molecular complexity index is 1340. The molecule has 0 unspecified atom stereocenters. The smallest absolute Gasteiger partial charge is 0.243 e. The van der Waals surface area contributed by atoms with Crippen molar-refractivity contribution in [2.24, 2.45) is 23.5 Å². The molecule has 4 amide bonds. The Balaban J connectivity index is 1.17. The predicted molar refractivity (Wildman–Crippen MR) is 179 cm³/mol. The van der Waals surface area contributed by atoms with E-state index < -0.39 is 35.8 Å². The number of nitrogens with one attached hydrogen (secondary N) is 4. The highest BCUT2D eigenvalue weighted by Gasteiger charge is 2.52. The van der Waals surface area contributed by atoms with Crippen LogP contribution in [0.2, 0.25) is 0 Å². The van der Waals surface area contributed by atoms with Crippen molar-refractivity contribution in [1.82, 2.24) is 21.3 Å². The molecular formula is C35H47N5O5S. The van der Waals surface area contributed by atoms with Crippen molar-refractivity contribution in [3.63, 3.8) is 0 Å². The summed E-state index contributed by atoms with van der Waals surface area (Å²) < 4.78 is 0. The number of rotatable bonds is 15. The number of hydrogen-bond acceptors (Lipinski definition) is 7. The number of thioether (sulfide) groups is 1. The first-order valence-corrected chi connectivity index (χ1v) is 17.8. The lowest BCUT2D eigenvalue weighted by Crippen LogP contribution is -2.63. The molecule has 10 nitrogen and oxygen atoms in total. The van der Waals surface area contributed by atoms with Crippen LogP contribution in [-0.2, 0) is 32.0 Å². The van der Waals surface area contributed by atoms with Crippen LogP contribution in [0.15, 0.2) is 54.6 Å². The summed E-state index contributed by atoms with van der Waals surface area (Å²) in [5.74, 6) is 1.11. The van der Waals surface area contributed by atoms with Gasteiger partial charge in [0.15, 0.2) is 0 Å². The molecule has 248 valence electrons. The van der Waals surface area contributed by atoms with E-state index in [1.54, 1.807) is 12.1 Å². The third-order valence-corrected chi connectivity index (χ3v) is 10.4. The van der Waals surface area contributed by atoms with Crippen molar-refractivity contribution in [2.75, 3.05) is 18.6 Å². The van der Waals surface area contributed by atoms with Gasteiger partial charge in [-0.15, -0.1) is 0 Å². The van der Waals surface area contributed by atoms with Gasteiger partial charge in [0.25, 0.3) is 0 Å². The van der Waals surface area contributed by atoms with E-state index in [9.17, 15) is 24.3 Å². The highest BCUT2D eigenvalue weighted by atomic mass is 32.2. The summed E-state index contributed by atoms with van der Waals surface area (Å²) in [6.45, 7) is -0.333. The molecule has 4 saturated carbocycles. The molecule has 4 aliphatic rings. The Morgan fingerprint density at radius 2 is 1.43 bits per heavy atom. The fourth-order valence-corrected chi connectivity index (χ4v) is 8.44. The summed E-state index contributed by atoms with van der Waals surface area (Å²) >= 11 is 1.54. The second-order valence-corrected chi connectivity index (χ2v) is 14.5. The topological polar surface area (TPSA) is 163 Å². The molecule has 0 aromatic heterocycles. The Hall–Kier alpha value is -3.57. The van der Waals surface area contributed by atoms with Crippen LogP contribution in [0.5, 0.6) is 5.75 Å². The number of benzene rings is 2. The average molecular weight is 650 g/mol. The number of nitrogens with two attached hydrogens (primary N) is 1. The van der Waals surface area contributed by atoms with E-state index in [2.05, 4.69) is 21.3 Å². The lowest BCUT2D eigenvalue weighted by Gasteiger charge is -2.57. The van der Waals surface area contributed by atoms with E-state index in [0.29, 0.717) is 36.3 Å². The number of aromatic hydroxyl groups is 1. The molecule has 4 bridgehead atoms. The quantitative estimate of drug-likeness (QED) is 0.173. The van der Waals surface area contributed by atoms with E-state index in [4.69, 9.17) is 5.73 Å². The molecule has 2 aromatic rings. The fourth-order valence-electron chi connectivity index (χ4n) is 7.97. The van der Waals surface area contributed by atoms with E-state index in [1.165, 1.54) is 43.2 Å². The van der Waals surface area contributed by atoms with Crippen LogP contribution in [0.3, 0.4) is 0 Å². The number of phenolic OH excluding ortho intramolecular Hbond substituents is 1. The van der Waals surface area contributed by atoms with Gasteiger partial charge >= 0.3 is 0 Å². The van der Waals surface area contributed by atoms with Crippen molar-refractivity contribution in [1.29, 1.82) is 0 Å². The maximum Gasteiger partial charge on any atom is 0.243 e. The lowest BCUT2D eigenvalue weighted by atomic mass is 9.53. The Morgan fingerprint density at radius 1 is 0.826 bits per heavy atom. The molecule has 0 radical (unpaired) electrons. The third kappa shape index (κ3) is 9.03. The van der Waals surface area contributed by atoms with Gasteiger partial charge in [0.1, 0.15) is 17.8 Å². The van der Waals surface area contributed by atoms with Crippen molar-refractivity contribution < 1.29 is 24.3 Å². The highest BCUT2D eigenvalue weighted by Crippen LogP contribution is 2.55. The van der Waals surface area contributed by atoms with Gasteiger partial charge in [-0.2, -0.15) is 11.8 Å². The van der Waals surface area contributed by atoms with Gasteiger partial charge in [-0.3, -0.25) is 19.2 Å². The minimum absolute atomic E-state index is 0.120. The van der Waals surface area contributed by atoms with Gasteiger partial charge in [-0.25, -0.2) is 0 Å². The Kier molecular flexibility index (Phi) is 11.3. The maximum atomic E-state index is 13.8. The lowest BCUT2D eigenvalue weighted by molar-refractivity contribution is -0.133. The minimum atomic E-state index is -0.899. The zero-order chi connectivity index (χ0) is 32.7. The van der Waals surface area contributed by atoms with Crippen LogP contribution >= 0.6 is 11.8 Å². The zero-order valence-corrected chi connectivity index (χ0v) is 27.3. The van der Waals surface area contributed by atoms with E-state index in [1.807, 2.05) is 36.6 Å². The van der Waals surface area contributed by atoms with Crippen LogP contribution in [-0.4, -0.2) is 71.0 Å². The van der Waals surface area contributed by atoms with Gasteiger partial charge < -0.3 is 32.1 Å². The van der Waals surface area contributed by atoms with E-state index in [0.717, 1.165) is 30.4 Å². The van der Waals surface area contributed by atoms with Gasteiger partial charge in [-0.1, -0.05) is 42.5 Å². The first-order chi connectivity index (χ1) is 22.1. The summed E-state index contributed by atoms with van der Waals surface area (Å²) in [6.07, 6.45) is 9.66. The van der Waals surface area contributed by atoms with Crippen molar-refractivity contribution in [2.45, 2.75) is 81.5 Å². The van der Waals surface area contributed by atoms with Gasteiger partial charge in [0.2, 0.25) is 23.6 Å². The Morgan fingerprint density at radius 3 is 2.04 bits per heavy atom. The normalized spacial score (nSPS) is 24.8. The molecule has 4 fully saturated rings. The van der Waals surface area contributed by atoms with E-state index >= 15 is 0 Å². The second-order valence-electron chi connectivity index (χ2n) is 13.5. The molecule has 6 rings (SSSR count). The molecule has 0 aliphatic heterocycles. The molecule has 11 heteroatoms. The maximum absolute atomic E-state index is 13.8. The van der Waals surface area contributed by atoms with Crippen LogP contribution in [0, 0.1) is 17.8 Å². The Labute approximate surface area is 275 Å². The van der Waals surface area contributed by atoms with Crippen LogP contribution in [0.4, 0.5) is 0 Å². The minimum Gasteiger partial charge on any atom is -0.508 e. The molecular weight excluding hydrogens is 602 g/mol. The second kappa shape index (κ2) is 15.3. The largest absolute Gasteiger partial charge is 0.508 e. The van der Waals surface area contributed by atoms with Crippen molar-refractivity contribution in [3.05, 3.63) is 65.7 Å². The van der Waals surface area contributed by atoms with Gasteiger partial charge in [0.05, 0.1) is 12.6 Å². The number of phenols is 1. The first-order valence-electron chi connectivity index (χ1n) is 16.4. The molecule has 0 saturated heterocycles. The monoisotopic (exact) mass is 649 g/mol. The van der Waals surface area contributed by atoms with Gasteiger partial charge in [-0.05, 0) is 104 Å². The number of hydrogen-bond donors (Lipinski definition) is 6. The fraction of sp³-hybridized carbons (Fsp3) is 0.543. The molecule has 0 spiro atoms. The first kappa shape index (κ1) is 33.8. The van der Waals surface area contributed by atoms with Crippen molar-refractivity contribution in [3.8, 4) is 5.75 Å². The third-order valence-electron chi connectivity index (χ3n) is 9.76. The van der Waals surface area contributed by atoms with Crippen molar-refractivity contribution >= 4 is 35.4 Å². The number of carbonyl (C=O) groups excluding carboxylic acids is 4. The average Bonchev–Trinajstić information content (AvgIpc) is 3.02. The molecule has 4 aliphatic carbocycles. The number of amides is 4. The molecule has 3 atom stereocenters. The summed E-state index contributed by atoms with van der Waals surface area (Å²) in [4.78, 5) is 53.0. The summed E-state index contributed by atoms with van der Waals surface area (Å²) in [7, 11) is 0. The van der Waals surface area contributed by atoms with Crippen LogP contribution in [0.25, 0.3) is 0 Å². The number of carbonyl (C=O) groups is 4. The standard InChI is InChI=1S/C35H47N5O5S/c1-46-12-11-29(39-32(43)28(36)16-23-7-9-27(41)10-8-23)33(44)37-21-31(42)38-30(17-22-5-3-2-4-6-22)34(45)40-35-18-24-13-25(19-35)15-26(14-24)20-35/h2-10,24-26,28-30,41H,11-21,36H2,1H3,(H,37,44)(H,38,42)(H,39,43)(H,40,45)/t24?,25?,26?,28-,29+,30-,35?/m0/s1. The summed E-state index contributed by atoms with van der Waals surface area (Å²) in [5.41, 5.74) is 7.65. The zero-order valence-electron chi connectivity index (χ0n) is 26.5. The molecule has 0 heterocycles.